The second kappa shape index (κ2) is 3.31. The van der Waals surface area contributed by atoms with E-state index in [1.165, 1.54) is 28.4 Å². The van der Waals surface area contributed by atoms with Crippen molar-refractivity contribution in [3.05, 3.63) is 15.6 Å². The Morgan fingerprint density at radius 3 is 2.43 bits per heavy atom. The van der Waals surface area contributed by atoms with E-state index < -0.39 is 0 Å². The van der Waals surface area contributed by atoms with Crippen molar-refractivity contribution < 1.29 is 0 Å². The van der Waals surface area contributed by atoms with Crippen LogP contribution in [0.2, 0.25) is 0 Å². The Hall–Kier alpha value is -0.410. The molecule has 1 aliphatic carbocycles. The molecule has 2 rings (SSSR count). The van der Waals surface area contributed by atoms with Crippen LogP contribution in [0.25, 0.3) is 0 Å². The van der Waals surface area contributed by atoms with E-state index in [9.17, 15) is 0 Å². The van der Waals surface area contributed by atoms with Crippen LogP contribution in [-0.2, 0) is 5.54 Å². The largest absolute Gasteiger partial charge is 0.308 e. The molecule has 1 aromatic heterocycles. The van der Waals surface area contributed by atoms with Gasteiger partial charge >= 0.3 is 0 Å². The summed E-state index contributed by atoms with van der Waals surface area (Å²) in [5, 5.41) is 4.74. The highest BCUT2D eigenvalue weighted by atomic mass is 32.1. The average Bonchev–Trinajstić information content (AvgIpc) is 2.41. The van der Waals surface area contributed by atoms with Crippen LogP contribution >= 0.6 is 11.3 Å². The van der Waals surface area contributed by atoms with Crippen LogP contribution in [0, 0.1) is 19.8 Å². The first kappa shape index (κ1) is 10.1. The summed E-state index contributed by atoms with van der Waals surface area (Å²) in [5.41, 5.74) is 1.39. The third kappa shape index (κ3) is 1.39. The maximum atomic E-state index is 4.67. The van der Waals surface area contributed by atoms with Gasteiger partial charge in [-0.05, 0) is 39.7 Å². The van der Waals surface area contributed by atoms with Crippen molar-refractivity contribution in [2.24, 2.45) is 5.92 Å². The number of thiazole rings is 1. The normalized spacial score (nSPS) is 31.6. The monoisotopic (exact) mass is 210 g/mol. The van der Waals surface area contributed by atoms with Crippen molar-refractivity contribution in [1.82, 2.24) is 10.3 Å². The second-order valence-electron chi connectivity index (χ2n) is 4.51. The minimum Gasteiger partial charge on any atom is -0.308 e. The molecule has 0 bridgehead atoms. The highest BCUT2D eigenvalue weighted by Gasteiger charge is 2.44. The molecule has 2 nitrogen and oxygen atoms in total. The number of hydrogen-bond donors (Lipinski definition) is 1. The molecule has 1 N–H and O–H groups in total. The topological polar surface area (TPSA) is 24.9 Å². The van der Waals surface area contributed by atoms with E-state index in [1.54, 1.807) is 0 Å². The average molecular weight is 210 g/mol. The molecule has 0 aliphatic heterocycles. The summed E-state index contributed by atoms with van der Waals surface area (Å²) in [7, 11) is 2.05. The first-order valence-corrected chi connectivity index (χ1v) is 6.02. The first-order chi connectivity index (χ1) is 6.57. The van der Waals surface area contributed by atoms with Gasteiger partial charge in [-0.15, -0.1) is 11.3 Å². The van der Waals surface area contributed by atoms with Gasteiger partial charge in [0.15, 0.2) is 0 Å². The number of aryl methyl sites for hydroxylation is 2. The summed E-state index contributed by atoms with van der Waals surface area (Å²) in [6, 6.07) is 0. The SMILES string of the molecule is CNC1(c2nc(C)c(C)s2)CC(C)C1. The molecule has 0 atom stereocenters. The highest BCUT2D eigenvalue weighted by molar-refractivity contribution is 7.11. The maximum absolute atomic E-state index is 4.67. The quantitative estimate of drug-likeness (QED) is 0.811. The summed E-state index contributed by atoms with van der Waals surface area (Å²) in [6.07, 6.45) is 2.46. The van der Waals surface area contributed by atoms with Gasteiger partial charge in [0, 0.05) is 4.88 Å². The summed E-state index contributed by atoms with van der Waals surface area (Å²) >= 11 is 1.85. The third-order valence-electron chi connectivity index (χ3n) is 3.31. The van der Waals surface area contributed by atoms with E-state index in [4.69, 9.17) is 0 Å². The maximum Gasteiger partial charge on any atom is 0.113 e. The van der Waals surface area contributed by atoms with Crippen molar-refractivity contribution in [3.8, 4) is 0 Å². The van der Waals surface area contributed by atoms with Crippen LogP contribution in [-0.4, -0.2) is 12.0 Å². The van der Waals surface area contributed by atoms with Crippen molar-refractivity contribution in [2.75, 3.05) is 7.05 Å². The molecule has 0 spiro atoms. The number of hydrogen-bond acceptors (Lipinski definition) is 3. The Balaban J connectivity index is 2.29. The summed E-state index contributed by atoms with van der Waals surface area (Å²) < 4.78 is 0. The lowest BCUT2D eigenvalue weighted by molar-refractivity contribution is 0.124. The summed E-state index contributed by atoms with van der Waals surface area (Å²) in [4.78, 5) is 6.02. The van der Waals surface area contributed by atoms with Gasteiger partial charge in [0.1, 0.15) is 5.01 Å². The molecule has 0 aromatic carbocycles. The van der Waals surface area contributed by atoms with Crippen LogP contribution in [0.5, 0.6) is 0 Å². The van der Waals surface area contributed by atoms with Crippen LogP contribution < -0.4 is 5.32 Å². The molecular weight excluding hydrogens is 192 g/mol. The number of nitrogens with zero attached hydrogens (tertiary/aromatic N) is 1. The van der Waals surface area contributed by atoms with Crippen LogP contribution in [0.3, 0.4) is 0 Å². The van der Waals surface area contributed by atoms with Gasteiger partial charge in [-0.25, -0.2) is 4.98 Å². The van der Waals surface area contributed by atoms with E-state index >= 15 is 0 Å². The van der Waals surface area contributed by atoms with Gasteiger partial charge in [0.25, 0.3) is 0 Å². The van der Waals surface area contributed by atoms with Crippen LogP contribution in [0.4, 0.5) is 0 Å². The Morgan fingerprint density at radius 1 is 1.43 bits per heavy atom. The molecule has 0 amide bonds. The van der Waals surface area contributed by atoms with Crippen molar-refractivity contribution in [1.29, 1.82) is 0 Å². The molecule has 0 unspecified atom stereocenters. The molecule has 1 heterocycles. The summed E-state index contributed by atoms with van der Waals surface area (Å²) in [6.45, 7) is 6.56. The van der Waals surface area contributed by atoms with Crippen molar-refractivity contribution >= 4 is 11.3 Å². The molecule has 0 saturated heterocycles. The van der Waals surface area contributed by atoms with Crippen molar-refractivity contribution in [2.45, 2.75) is 39.2 Å². The van der Waals surface area contributed by atoms with Gasteiger partial charge in [0.05, 0.1) is 11.2 Å². The molecule has 3 heteroatoms. The molecule has 1 aliphatic rings. The number of rotatable bonds is 2. The third-order valence-corrected chi connectivity index (χ3v) is 4.59. The predicted molar refractivity (Wildman–Crippen MR) is 60.7 cm³/mol. The molecule has 14 heavy (non-hydrogen) atoms. The smallest absolute Gasteiger partial charge is 0.113 e. The van der Waals surface area contributed by atoms with Crippen LogP contribution in [0.1, 0.15) is 35.3 Å². The Morgan fingerprint density at radius 2 is 2.07 bits per heavy atom. The van der Waals surface area contributed by atoms with E-state index in [-0.39, 0.29) is 5.54 Å². The number of nitrogens with one attached hydrogen (secondary N) is 1. The zero-order chi connectivity index (χ0) is 10.3. The molecule has 0 radical (unpaired) electrons. The highest BCUT2D eigenvalue weighted by Crippen LogP contribution is 2.46. The molecule has 1 saturated carbocycles. The van der Waals surface area contributed by atoms with E-state index in [0.29, 0.717) is 0 Å². The van der Waals surface area contributed by atoms with Gasteiger partial charge in [-0.3, -0.25) is 0 Å². The fourth-order valence-corrected chi connectivity index (χ4v) is 3.42. The zero-order valence-corrected chi connectivity index (χ0v) is 10.2. The molecule has 78 valence electrons. The second-order valence-corrected chi connectivity index (χ2v) is 5.71. The van der Waals surface area contributed by atoms with Crippen LogP contribution in [0.15, 0.2) is 0 Å². The Bertz CT molecular complexity index is 318. The first-order valence-electron chi connectivity index (χ1n) is 5.21. The van der Waals surface area contributed by atoms with Gasteiger partial charge < -0.3 is 5.32 Å². The number of aromatic nitrogens is 1. The lowest BCUT2D eigenvalue weighted by Gasteiger charge is -2.45. The van der Waals surface area contributed by atoms with E-state index in [0.717, 1.165) is 5.92 Å². The summed E-state index contributed by atoms with van der Waals surface area (Å²) in [5.74, 6) is 0.840. The predicted octanol–water partition coefficient (Wildman–Crippen LogP) is 2.60. The Kier molecular flexibility index (Phi) is 2.40. The fraction of sp³-hybridized carbons (Fsp3) is 0.727. The lowest BCUT2D eigenvalue weighted by atomic mass is 9.69. The van der Waals surface area contributed by atoms with E-state index in [1.807, 2.05) is 11.3 Å². The zero-order valence-electron chi connectivity index (χ0n) is 9.35. The van der Waals surface area contributed by atoms with Gasteiger partial charge in [-0.1, -0.05) is 6.92 Å². The van der Waals surface area contributed by atoms with Gasteiger partial charge in [0.2, 0.25) is 0 Å². The van der Waals surface area contributed by atoms with E-state index in [2.05, 4.69) is 38.1 Å². The Labute approximate surface area is 89.8 Å². The minimum atomic E-state index is 0.198. The standard InChI is InChI=1S/C11H18N2S/c1-7-5-11(6-7,12-4)10-13-8(2)9(3)14-10/h7,12H,5-6H2,1-4H3. The minimum absolute atomic E-state index is 0.198. The fourth-order valence-electron chi connectivity index (χ4n) is 2.29. The van der Waals surface area contributed by atoms with Gasteiger partial charge in [-0.2, -0.15) is 0 Å². The molecular formula is C11H18N2S. The van der Waals surface area contributed by atoms with Crippen molar-refractivity contribution in [3.63, 3.8) is 0 Å². The molecule has 1 fully saturated rings. The lowest BCUT2D eigenvalue weighted by Crippen LogP contribution is -2.50. The molecule has 1 aromatic rings.